The van der Waals surface area contributed by atoms with Crippen molar-refractivity contribution in [3.63, 3.8) is 0 Å². The summed E-state index contributed by atoms with van der Waals surface area (Å²) in [5.41, 5.74) is 0.795. The lowest BCUT2D eigenvalue weighted by atomic mass is 10.2. The monoisotopic (exact) mass is 207 g/mol. The summed E-state index contributed by atoms with van der Waals surface area (Å²) >= 11 is 1.76. The van der Waals surface area contributed by atoms with Crippen LogP contribution in [-0.4, -0.2) is 17.2 Å². The normalized spacial score (nSPS) is 19.4. The molecule has 0 aromatic heterocycles. The Balaban J connectivity index is 2.46. The van der Waals surface area contributed by atoms with E-state index in [0.717, 1.165) is 10.5 Å². The van der Waals surface area contributed by atoms with Crippen molar-refractivity contribution in [2.45, 2.75) is 23.5 Å². The van der Waals surface area contributed by atoms with E-state index in [2.05, 4.69) is 19.2 Å². The first kappa shape index (κ1) is 9.59. The van der Waals surface area contributed by atoms with Crippen LogP contribution in [0.25, 0.3) is 0 Å². The molecular weight excluding hydrogens is 194 g/mol. The van der Waals surface area contributed by atoms with Gasteiger partial charge in [-0.05, 0) is 26.0 Å². The van der Waals surface area contributed by atoms with E-state index in [9.17, 15) is 4.79 Å². The molecule has 2 nitrogen and oxygen atoms in total. The van der Waals surface area contributed by atoms with Gasteiger partial charge in [-0.25, -0.2) is 0 Å². The van der Waals surface area contributed by atoms with Gasteiger partial charge in [0.15, 0.2) is 0 Å². The summed E-state index contributed by atoms with van der Waals surface area (Å²) in [6, 6.07) is 7.75. The first-order chi connectivity index (χ1) is 6.58. The van der Waals surface area contributed by atoms with Crippen molar-refractivity contribution in [1.82, 2.24) is 5.32 Å². The van der Waals surface area contributed by atoms with Gasteiger partial charge in [-0.15, -0.1) is 11.8 Å². The van der Waals surface area contributed by atoms with Crippen molar-refractivity contribution in [3.05, 3.63) is 29.8 Å². The highest BCUT2D eigenvalue weighted by molar-refractivity contribution is 8.00. The molecule has 0 bridgehead atoms. The summed E-state index contributed by atoms with van der Waals surface area (Å²) in [4.78, 5) is 12.7. The Bertz CT molecular complexity index is 373. The first-order valence-electron chi connectivity index (χ1n) is 4.65. The van der Waals surface area contributed by atoms with E-state index in [-0.39, 0.29) is 10.7 Å². The summed E-state index contributed by atoms with van der Waals surface area (Å²) in [5, 5.41) is 2.93. The molecule has 0 atom stereocenters. The molecule has 1 amide bonds. The van der Waals surface area contributed by atoms with Crippen LogP contribution in [0, 0.1) is 0 Å². The largest absolute Gasteiger partial charge is 0.351 e. The third-order valence-corrected chi connectivity index (χ3v) is 3.47. The Morgan fingerprint density at radius 2 is 2.07 bits per heavy atom. The van der Waals surface area contributed by atoms with Gasteiger partial charge in [0.1, 0.15) is 0 Å². The number of benzene rings is 1. The zero-order valence-corrected chi connectivity index (χ0v) is 9.15. The number of thioether (sulfide) groups is 1. The minimum atomic E-state index is 0.0404. The van der Waals surface area contributed by atoms with Crippen LogP contribution in [0.2, 0.25) is 0 Å². The Morgan fingerprint density at radius 1 is 1.36 bits per heavy atom. The highest BCUT2D eigenvalue weighted by Crippen LogP contribution is 2.35. The summed E-state index contributed by atoms with van der Waals surface area (Å²) in [6.45, 7) is 4.99. The molecule has 74 valence electrons. The zero-order chi connectivity index (χ0) is 10.2. The van der Waals surface area contributed by atoms with Gasteiger partial charge in [-0.1, -0.05) is 12.1 Å². The van der Waals surface area contributed by atoms with E-state index in [1.54, 1.807) is 11.8 Å². The second-order valence-corrected chi connectivity index (χ2v) is 5.79. The molecule has 2 rings (SSSR count). The van der Waals surface area contributed by atoms with Gasteiger partial charge in [0.2, 0.25) is 0 Å². The lowest BCUT2D eigenvalue weighted by Gasteiger charge is -2.20. The molecule has 0 radical (unpaired) electrons. The molecule has 0 unspecified atom stereocenters. The van der Waals surface area contributed by atoms with Gasteiger partial charge in [0.05, 0.1) is 5.56 Å². The predicted octanol–water partition coefficient (Wildman–Crippen LogP) is 2.30. The van der Waals surface area contributed by atoms with E-state index in [1.165, 1.54) is 0 Å². The van der Waals surface area contributed by atoms with E-state index >= 15 is 0 Å². The molecule has 0 aliphatic carbocycles. The van der Waals surface area contributed by atoms with Gasteiger partial charge in [-0.2, -0.15) is 0 Å². The third kappa shape index (κ3) is 1.77. The fraction of sp³-hybridized carbons (Fsp3) is 0.364. The quantitative estimate of drug-likeness (QED) is 0.707. The van der Waals surface area contributed by atoms with Crippen molar-refractivity contribution in [2.75, 3.05) is 6.54 Å². The molecule has 0 fully saturated rings. The van der Waals surface area contributed by atoms with E-state index in [0.29, 0.717) is 6.54 Å². The van der Waals surface area contributed by atoms with Crippen molar-refractivity contribution in [3.8, 4) is 0 Å². The van der Waals surface area contributed by atoms with Crippen LogP contribution in [0.3, 0.4) is 0 Å². The molecule has 14 heavy (non-hydrogen) atoms. The van der Waals surface area contributed by atoms with Gasteiger partial charge in [0.25, 0.3) is 5.91 Å². The number of fused-ring (bicyclic) bond motifs is 1. The number of carbonyl (C=O) groups is 1. The number of rotatable bonds is 0. The Morgan fingerprint density at radius 3 is 2.86 bits per heavy atom. The summed E-state index contributed by atoms with van der Waals surface area (Å²) in [7, 11) is 0. The molecule has 1 aromatic rings. The number of hydrogen-bond donors (Lipinski definition) is 1. The fourth-order valence-electron chi connectivity index (χ4n) is 1.47. The zero-order valence-electron chi connectivity index (χ0n) is 8.33. The highest BCUT2D eigenvalue weighted by atomic mass is 32.2. The van der Waals surface area contributed by atoms with Crippen LogP contribution in [0.4, 0.5) is 0 Å². The maximum absolute atomic E-state index is 11.7. The topological polar surface area (TPSA) is 29.1 Å². The van der Waals surface area contributed by atoms with Crippen LogP contribution in [0.15, 0.2) is 29.2 Å². The van der Waals surface area contributed by atoms with Crippen LogP contribution < -0.4 is 5.32 Å². The molecule has 1 N–H and O–H groups in total. The molecule has 1 aliphatic heterocycles. The van der Waals surface area contributed by atoms with Gasteiger partial charge in [-0.3, -0.25) is 4.79 Å². The smallest absolute Gasteiger partial charge is 0.252 e. The molecule has 0 saturated carbocycles. The summed E-state index contributed by atoms with van der Waals surface area (Å²) in [5.74, 6) is 0.0404. The van der Waals surface area contributed by atoms with Crippen molar-refractivity contribution < 1.29 is 4.79 Å². The van der Waals surface area contributed by atoms with Crippen molar-refractivity contribution in [1.29, 1.82) is 0 Å². The Hall–Kier alpha value is -0.960. The van der Waals surface area contributed by atoms with E-state index < -0.39 is 0 Å². The summed E-state index contributed by atoms with van der Waals surface area (Å²) in [6.07, 6.45) is 0. The number of hydrogen-bond acceptors (Lipinski definition) is 2. The molecule has 1 aliphatic rings. The molecule has 1 heterocycles. The Kier molecular flexibility index (Phi) is 2.27. The minimum absolute atomic E-state index is 0.0404. The molecule has 0 saturated heterocycles. The molecule has 3 heteroatoms. The number of nitrogens with one attached hydrogen (secondary N) is 1. The van der Waals surface area contributed by atoms with Crippen molar-refractivity contribution in [2.24, 2.45) is 0 Å². The van der Waals surface area contributed by atoms with E-state index in [4.69, 9.17) is 0 Å². The Labute approximate surface area is 88.1 Å². The van der Waals surface area contributed by atoms with Gasteiger partial charge < -0.3 is 5.32 Å². The second-order valence-electron chi connectivity index (χ2n) is 4.04. The standard InChI is InChI=1S/C11H13NOS/c1-11(2)7-12-10(13)8-5-3-4-6-9(8)14-11/h3-6H,7H2,1-2H3,(H,12,13). The molecule has 0 spiro atoms. The number of amides is 1. The highest BCUT2D eigenvalue weighted by Gasteiger charge is 2.26. The average Bonchev–Trinajstić information content (AvgIpc) is 2.25. The second kappa shape index (κ2) is 3.31. The lowest BCUT2D eigenvalue weighted by Crippen LogP contribution is -2.33. The third-order valence-electron chi connectivity index (χ3n) is 2.19. The fourth-order valence-corrected chi connectivity index (χ4v) is 2.62. The van der Waals surface area contributed by atoms with Crippen molar-refractivity contribution >= 4 is 17.7 Å². The van der Waals surface area contributed by atoms with E-state index in [1.807, 2.05) is 24.3 Å². The van der Waals surface area contributed by atoms with Gasteiger partial charge in [0, 0.05) is 16.2 Å². The van der Waals surface area contributed by atoms with Crippen LogP contribution in [-0.2, 0) is 0 Å². The SMILES string of the molecule is CC1(C)CNC(=O)c2ccccc2S1. The lowest BCUT2D eigenvalue weighted by molar-refractivity contribution is 0.0950. The van der Waals surface area contributed by atoms with Gasteiger partial charge >= 0.3 is 0 Å². The predicted molar refractivity (Wildman–Crippen MR) is 58.7 cm³/mol. The maximum atomic E-state index is 11.7. The van der Waals surface area contributed by atoms with Crippen LogP contribution >= 0.6 is 11.8 Å². The van der Waals surface area contributed by atoms with Crippen LogP contribution in [0.1, 0.15) is 24.2 Å². The number of carbonyl (C=O) groups excluding carboxylic acids is 1. The minimum Gasteiger partial charge on any atom is -0.351 e. The summed E-state index contributed by atoms with van der Waals surface area (Å²) < 4.78 is 0.0717. The van der Waals surface area contributed by atoms with Crippen LogP contribution in [0.5, 0.6) is 0 Å². The first-order valence-corrected chi connectivity index (χ1v) is 5.46. The molecular formula is C11H13NOS. The average molecular weight is 207 g/mol. The molecule has 1 aromatic carbocycles. The maximum Gasteiger partial charge on any atom is 0.252 e.